The zero-order chi connectivity index (χ0) is 15.8. The van der Waals surface area contributed by atoms with E-state index in [4.69, 9.17) is 0 Å². The van der Waals surface area contributed by atoms with Gasteiger partial charge in [-0.05, 0) is 56.2 Å². The van der Waals surface area contributed by atoms with Gasteiger partial charge in [0.05, 0.1) is 0 Å². The van der Waals surface area contributed by atoms with Crippen molar-refractivity contribution < 1.29 is 9.59 Å². The summed E-state index contributed by atoms with van der Waals surface area (Å²) in [4.78, 5) is 26.8. The third-order valence-electron chi connectivity index (χ3n) is 5.39. The van der Waals surface area contributed by atoms with Gasteiger partial charge in [-0.1, -0.05) is 18.9 Å². The molecule has 2 fully saturated rings. The van der Waals surface area contributed by atoms with Crippen LogP contribution in [0.1, 0.15) is 50.5 Å². The molecule has 4 heteroatoms. The smallest absolute Gasteiger partial charge is 0.230 e. The molecular weight excluding hydrogens is 288 g/mol. The van der Waals surface area contributed by atoms with E-state index >= 15 is 0 Å². The monoisotopic (exact) mass is 312 g/mol. The summed E-state index contributed by atoms with van der Waals surface area (Å²) < 4.78 is 0. The van der Waals surface area contributed by atoms with Gasteiger partial charge in [-0.25, -0.2) is 0 Å². The molecule has 23 heavy (non-hydrogen) atoms. The molecule has 0 radical (unpaired) electrons. The highest BCUT2D eigenvalue weighted by atomic mass is 16.2. The first-order valence-corrected chi connectivity index (χ1v) is 8.97. The minimum absolute atomic E-state index is 0.137. The quantitative estimate of drug-likeness (QED) is 0.928. The van der Waals surface area contributed by atoms with Gasteiger partial charge in [0.15, 0.2) is 0 Å². The fourth-order valence-corrected chi connectivity index (χ4v) is 3.86. The zero-order valence-corrected chi connectivity index (χ0v) is 13.5. The third-order valence-corrected chi connectivity index (χ3v) is 5.39. The van der Waals surface area contributed by atoms with Crippen LogP contribution >= 0.6 is 0 Å². The Balaban J connectivity index is 1.54. The van der Waals surface area contributed by atoms with Gasteiger partial charge in [0.1, 0.15) is 0 Å². The molecular formula is C19H24N2O2. The zero-order valence-electron chi connectivity index (χ0n) is 13.5. The minimum atomic E-state index is 0.137. The van der Waals surface area contributed by atoms with Gasteiger partial charge >= 0.3 is 0 Å². The molecule has 0 spiro atoms. The summed E-state index contributed by atoms with van der Waals surface area (Å²) in [5, 5.41) is 3.06. The number of nitrogens with one attached hydrogen (secondary N) is 1. The van der Waals surface area contributed by atoms with Gasteiger partial charge in [-0.3, -0.25) is 9.59 Å². The number of amides is 2. The van der Waals surface area contributed by atoms with Crippen LogP contribution in [0.25, 0.3) is 0 Å². The molecule has 1 N–H and O–H groups in total. The van der Waals surface area contributed by atoms with Crippen molar-refractivity contribution >= 4 is 23.2 Å². The molecule has 1 aliphatic heterocycles. The highest BCUT2D eigenvalue weighted by Crippen LogP contribution is 2.37. The standard InChI is InChI=1S/C19H24N2O2/c22-18(14-4-1-2-5-14)20-16-10-9-13-6-3-11-21(17(13)12-16)19(23)15-7-8-15/h9-10,12,14-15H,1-8,11H2,(H,20,22). The average Bonchev–Trinajstić information content (AvgIpc) is 3.27. The van der Waals surface area contributed by atoms with Crippen molar-refractivity contribution in [3.63, 3.8) is 0 Å². The molecule has 1 heterocycles. The third kappa shape index (κ3) is 2.99. The highest BCUT2D eigenvalue weighted by Gasteiger charge is 2.35. The predicted molar refractivity (Wildman–Crippen MR) is 90.4 cm³/mol. The van der Waals surface area contributed by atoms with Crippen LogP contribution in [0.3, 0.4) is 0 Å². The van der Waals surface area contributed by atoms with Crippen LogP contribution < -0.4 is 10.2 Å². The van der Waals surface area contributed by atoms with Gasteiger partial charge in [0, 0.05) is 29.8 Å². The number of rotatable bonds is 3. The van der Waals surface area contributed by atoms with Gasteiger partial charge < -0.3 is 10.2 Å². The van der Waals surface area contributed by atoms with E-state index in [2.05, 4.69) is 11.4 Å². The van der Waals surface area contributed by atoms with E-state index < -0.39 is 0 Å². The van der Waals surface area contributed by atoms with Crippen molar-refractivity contribution in [3.05, 3.63) is 23.8 Å². The second-order valence-electron chi connectivity index (χ2n) is 7.18. The van der Waals surface area contributed by atoms with Gasteiger partial charge in [0.25, 0.3) is 0 Å². The predicted octanol–water partition coefficient (Wildman–Crippen LogP) is 3.50. The Morgan fingerprint density at radius 2 is 1.78 bits per heavy atom. The minimum Gasteiger partial charge on any atom is -0.326 e. The van der Waals surface area contributed by atoms with E-state index in [1.165, 1.54) is 5.56 Å². The number of fused-ring (bicyclic) bond motifs is 1. The second-order valence-corrected chi connectivity index (χ2v) is 7.18. The Hall–Kier alpha value is -1.84. The number of hydrogen-bond acceptors (Lipinski definition) is 2. The molecule has 0 unspecified atom stereocenters. The summed E-state index contributed by atoms with van der Waals surface area (Å²) in [6.07, 6.45) is 8.43. The van der Waals surface area contributed by atoms with E-state index in [0.717, 1.165) is 69.3 Å². The maximum Gasteiger partial charge on any atom is 0.230 e. The van der Waals surface area contributed by atoms with Crippen molar-refractivity contribution in [2.75, 3.05) is 16.8 Å². The number of aryl methyl sites for hydroxylation is 1. The van der Waals surface area contributed by atoms with E-state index in [1.54, 1.807) is 0 Å². The Bertz CT molecular complexity index is 630. The van der Waals surface area contributed by atoms with E-state index in [-0.39, 0.29) is 23.7 Å². The maximum absolute atomic E-state index is 12.5. The van der Waals surface area contributed by atoms with Crippen molar-refractivity contribution in [3.8, 4) is 0 Å². The van der Waals surface area contributed by atoms with Crippen LogP contribution in [-0.4, -0.2) is 18.4 Å². The molecule has 122 valence electrons. The van der Waals surface area contributed by atoms with Crippen molar-refractivity contribution in [2.45, 2.75) is 51.4 Å². The molecule has 0 atom stereocenters. The summed E-state index contributed by atoms with van der Waals surface area (Å²) in [7, 11) is 0. The number of benzene rings is 1. The highest BCUT2D eigenvalue weighted by molar-refractivity contribution is 5.99. The van der Waals surface area contributed by atoms with Crippen molar-refractivity contribution in [1.82, 2.24) is 0 Å². The Labute approximate surface area is 137 Å². The van der Waals surface area contributed by atoms with Crippen LogP contribution in [0, 0.1) is 11.8 Å². The maximum atomic E-state index is 12.5. The molecule has 2 amide bonds. The number of carbonyl (C=O) groups excluding carboxylic acids is 2. The Morgan fingerprint density at radius 1 is 1.00 bits per heavy atom. The largest absolute Gasteiger partial charge is 0.326 e. The Morgan fingerprint density at radius 3 is 2.52 bits per heavy atom. The van der Waals surface area contributed by atoms with Crippen LogP contribution in [-0.2, 0) is 16.0 Å². The molecule has 0 saturated heterocycles. The fraction of sp³-hybridized carbons (Fsp3) is 0.579. The first-order chi connectivity index (χ1) is 11.2. The molecule has 1 aromatic carbocycles. The van der Waals surface area contributed by atoms with Gasteiger partial charge in [-0.15, -0.1) is 0 Å². The van der Waals surface area contributed by atoms with Crippen LogP contribution in [0.15, 0.2) is 18.2 Å². The van der Waals surface area contributed by atoms with E-state index in [1.807, 2.05) is 17.0 Å². The summed E-state index contributed by atoms with van der Waals surface area (Å²) >= 11 is 0. The fourth-order valence-electron chi connectivity index (χ4n) is 3.86. The summed E-state index contributed by atoms with van der Waals surface area (Å²) in [5.41, 5.74) is 3.07. The summed E-state index contributed by atoms with van der Waals surface area (Å²) in [6, 6.07) is 6.06. The summed E-state index contributed by atoms with van der Waals surface area (Å²) in [6.45, 7) is 0.808. The van der Waals surface area contributed by atoms with E-state index in [9.17, 15) is 9.59 Å². The number of nitrogens with zero attached hydrogens (tertiary/aromatic N) is 1. The first kappa shape index (κ1) is 14.7. The number of carbonyl (C=O) groups is 2. The Kier molecular flexibility index (Phi) is 3.83. The lowest BCUT2D eigenvalue weighted by atomic mass is 10.00. The van der Waals surface area contributed by atoms with E-state index in [0.29, 0.717) is 0 Å². The van der Waals surface area contributed by atoms with Crippen molar-refractivity contribution in [2.24, 2.45) is 11.8 Å². The lowest BCUT2D eigenvalue weighted by molar-refractivity contribution is -0.120. The van der Waals surface area contributed by atoms with Crippen LogP contribution in [0.4, 0.5) is 11.4 Å². The molecule has 0 bridgehead atoms. The van der Waals surface area contributed by atoms with Crippen LogP contribution in [0.5, 0.6) is 0 Å². The SMILES string of the molecule is O=C(Nc1ccc2c(c1)N(C(=O)C1CC1)CCC2)C1CCCC1. The molecule has 2 aliphatic carbocycles. The molecule has 4 nitrogen and oxygen atoms in total. The normalized spacial score (nSPS) is 21.1. The van der Waals surface area contributed by atoms with Crippen molar-refractivity contribution in [1.29, 1.82) is 0 Å². The molecule has 0 aromatic heterocycles. The summed E-state index contributed by atoms with van der Waals surface area (Å²) in [5.74, 6) is 0.802. The molecule has 4 rings (SSSR count). The second kappa shape index (κ2) is 5.99. The topological polar surface area (TPSA) is 49.4 Å². The van der Waals surface area contributed by atoms with Gasteiger partial charge in [0.2, 0.25) is 11.8 Å². The molecule has 1 aromatic rings. The first-order valence-electron chi connectivity index (χ1n) is 8.97. The number of anilines is 2. The van der Waals surface area contributed by atoms with Crippen LogP contribution in [0.2, 0.25) is 0 Å². The molecule has 2 saturated carbocycles. The molecule has 3 aliphatic rings. The lowest BCUT2D eigenvalue weighted by Crippen LogP contribution is -2.36. The van der Waals surface area contributed by atoms with Gasteiger partial charge in [-0.2, -0.15) is 0 Å². The average molecular weight is 312 g/mol. The lowest BCUT2D eigenvalue weighted by Gasteiger charge is -2.30. The number of hydrogen-bond donors (Lipinski definition) is 1.